The molecule has 7 heteroatoms. The Morgan fingerprint density at radius 1 is 1.42 bits per heavy atom. The van der Waals surface area contributed by atoms with Gasteiger partial charge in [0.25, 0.3) is 0 Å². The molecule has 1 N–H and O–H groups in total. The van der Waals surface area contributed by atoms with Gasteiger partial charge in [0.05, 0.1) is 5.75 Å². The van der Waals surface area contributed by atoms with Gasteiger partial charge in [-0.05, 0) is 42.4 Å². The van der Waals surface area contributed by atoms with E-state index in [1.54, 1.807) is 11.8 Å². The van der Waals surface area contributed by atoms with Crippen LogP contribution in [0.5, 0.6) is 0 Å². The summed E-state index contributed by atoms with van der Waals surface area (Å²) in [4.78, 5) is 1.10. The van der Waals surface area contributed by atoms with Gasteiger partial charge < -0.3 is 0 Å². The van der Waals surface area contributed by atoms with Crippen LogP contribution in [0.2, 0.25) is 5.02 Å². The smallest absolute Gasteiger partial charge is 0.212 e. The van der Waals surface area contributed by atoms with Gasteiger partial charge >= 0.3 is 0 Å². The van der Waals surface area contributed by atoms with Crippen molar-refractivity contribution in [3.63, 3.8) is 0 Å². The molecule has 1 aliphatic rings. The van der Waals surface area contributed by atoms with Crippen LogP contribution in [-0.2, 0) is 10.0 Å². The molecule has 0 aromatic heterocycles. The topological polar surface area (TPSA) is 46.2 Å². The van der Waals surface area contributed by atoms with E-state index in [0.717, 1.165) is 22.6 Å². The first-order chi connectivity index (χ1) is 9.02. The van der Waals surface area contributed by atoms with Crippen molar-refractivity contribution in [2.45, 2.75) is 23.8 Å². The maximum absolute atomic E-state index is 11.9. The molecule has 0 bridgehead atoms. The highest BCUT2D eigenvalue weighted by Crippen LogP contribution is 2.37. The minimum atomic E-state index is -3.29. The lowest BCUT2D eigenvalue weighted by Crippen LogP contribution is -2.32. The molecule has 1 aromatic carbocycles. The van der Waals surface area contributed by atoms with Gasteiger partial charge in [0.15, 0.2) is 0 Å². The largest absolute Gasteiger partial charge is 0.212 e. The van der Waals surface area contributed by atoms with Crippen molar-refractivity contribution >= 4 is 45.0 Å². The van der Waals surface area contributed by atoms with Crippen molar-refractivity contribution in [3.05, 3.63) is 28.8 Å². The van der Waals surface area contributed by atoms with Gasteiger partial charge in [-0.15, -0.1) is 23.4 Å². The van der Waals surface area contributed by atoms with Crippen molar-refractivity contribution < 1.29 is 8.42 Å². The van der Waals surface area contributed by atoms with Crippen molar-refractivity contribution in [1.82, 2.24) is 4.72 Å². The van der Waals surface area contributed by atoms with Crippen LogP contribution < -0.4 is 4.72 Å². The Bertz CT molecular complexity index is 549. The van der Waals surface area contributed by atoms with E-state index in [4.69, 9.17) is 23.2 Å². The van der Waals surface area contributed by atoms with Crippen LogP contribution >= 0.6 is 35.0 Å². The van der Waals surface area contributed by atoms with E-state index < -0.39 is 10.0 Å². The monoisotopic (exact) mass is 339 g/mol. The zero-order chi connectivity index (χ0) is 13.9. The number of benzene rings is 1. The Balaban J connectivity index is 2.17. The summed E-state index contributed by atoms with van der Waals surface area (Å²) in [7, 11) is -3.29. The van der Waals surface area contributed by atoms with E-state index in [1.807, 2.05) is 18.2 Å². The zero-order valence-corrected chi connectivity index (χ0v) is 13.4. The lowest BCUT2D eigenvalue weighted by molar-refractivity contribution is 0.545. The van der Waals surface area contributed by atoms with Crippen molar-refractivity contribution in [2.24, 2.45) is 0 Å². The molecule has 0 saturated heterocycles. The summed E-state index contributed by atoms with van der Waals surface area (Å²) in [6, 6.07) is 5.44. The Morgan fingerprint density at radius 2 is 2.21 bits per heavy atom. The summed E-state index contributed by atoms with van der Waals surface area (Å²) in [5, 5.41) is 0.631. The quantitative estimate of drug-likeness (QED) is 0.836. The third kappa shape index (κ3) is 4.26. The standard InChI is InChI=1S/C12H15Cl2NO2S2/c13-5-1-7-19(16,17)15-11-4-6-18-12-3-2-9(14)8-10(11)12/h2-3,8,11,15H,1,4-7H2. The van der Waals surface area contributed by atoms with Gasteiger partial charge in [-0.25, -0.2) is 13.1 Å². The van der Waals surface area contributed by atoms with E-state index in [9.17, 15) is 8.42 Å². The first-order valence-electron chi connectivity index (χ1n) is 6.00. The van der Waals surface area contributed by atoms with Crippen molar-refractivity contribution in [3.8, 4) is 0 Å². The summed E-state index contributed by atoms with van der Waals surface area (Å²) >= 11 is 13.3. The Labute approximate surface area is 128 Å². The lowest BCUT2D eigenvalue weighted by atomic mass is 10.1. The number of thioether (sulfide) groups is 1. The highest BCUT2D eigenvalue weighted by Gasteiger charge is 2.25. The molecule has 2 rings (SSSR count). The summed E-state index contributed by atoms with van der Waals surface area (Å²) in [6.07, 6.45) is 1.23. The van der Waals surface area contributed by atoms with Gasteiger partial charge in [0.2, 0.25) is 10.0 Å². The van der Waals surface area contributed by atoms with Gasteiger partial charge in [0.1, 0.15) is 0 Å². The molecule has 0 spiro atoms. The molecule has 0 aliphatic carbocycles. The molecular weight excluding hydrogens is 325 g/mol. The van der Waals surface area contributed by atoms with E-state index in [1.165, 1.54) is 0 Å². The molecule has 1 aliphatic heterocycles. The molecule has 0 amide bonds. The van der Waals surface area contributed by atoms with E-state index in [2.05, 4.69) is 4.72 Å². The number of hydrogen-bond donors (Lipinski definition) is 1. The second kappa shape index (κ2) is 6.68. The van der Waals surface area contributed by atoms with E-state index in [-0.39, 0.29) is 11.8 Å². The lowest BCUT2D eigenvalue weighted by Gasteiger charge is -2.26. The molecule has 19 heavy (non-hydrogen) atoms. The number of alkyl halides is 1. The summed E-state index contributed by atoms with van der Waals surface area (Å²) < 4.78 is 26.6. The van der Waals surface area contributed by atoms with Crippen molar-refractivity contribution in [2.75, 3.05) is 17.4 Å². The number of nitrogens with one attached hydrogen (secondary N) is 1. The fourth-order valence-electron chi connectivity index (χ4n) is 2.01. The Kier molecular flexibility index (Phi) is 5.43. The first-order valence-corrected chi connectivity index (χ1v) is 9.55. The van der Waals surface area contributed by atoms with Crippen LogP contribution in [0, 0.1) is 0 Å². The molecule has 1 atom stereocenters. The molecule has 0 fully saturated rings. The zero-order valence-electron chi connectivity index (χ0n) is 10.2. The normalized spacial score (nSPS) is 19.2. The SMILES string of the molecule is O=S(=O)(CCCCl)NC1CCSc2ccc(Cl)cc21. The predicted octanol–water partition coefficient (Wildman–Crippen LogP) is 3.43. The van der Waals surface area contributed by atoms with Gasteiger partial charge in [-0.2, -0.15) is 0 Å². The fraction of sp³-hybridized carbons (Fsp3) is 0.500. The highest BCUT2D eigenvalue weighted by molar-refractivity contribution is 7.99. The third-order valence-corrected chi connectivity index (χ3v) is 5.97. The van der Waals surface area contributed by atoms with E-state index >= 15 is 0 Å². The van der Waals surface area contributed by atoms with Crippen LogP contribution in [0.4, 0.5) is 0 Å². The first kappa shape index (κ1) is 15.4. The second-order valence-electron chi connectivity index (χ2n) is 4.35. The number of sulfonamides is 1. The predicted molar refractivity (Wildman–Crippen MR) is 81.8 cm³/mol. The number of rotatable bonds is 5. The van der Waals surface area contributed by atoms with Crippen LogP contribution in [0.3, 0.4) is 0 Å². The average Bonchev–Trinajstić information content (AvgIpc) is 2.37. The maximum atomic E-state index is 11.9. The second-order valence-corrected chi connectivity index (χ2v) is 8.18. The van der Waals surface area contributed by atoms with Crippen LogP contribution in [0.15, 0.2) is 23.1 Å². The van der Waals surface area contributed by atoms with Gasteiger partial charge in [0, 0.05) is 21.8 Å². The van der Waals surface area contributed by atoms with Gasteiger partial charge in [-0.3, -0.25) is 0 Å². The molecule has 1 heterocycles. The minimum Gasteiger partial charge on any atom is -0.212 e. The van der Waals surface area contributed by atoms with Crippen molar-refractivity contribution in [1.29, 1.82) is 0 Å². The molecule has 1 aromatic rings. The van der Waals surface area contributed by atoms with Crippen LogP contribution in [0.1, 0.15) is 24.4 Å². The molecule has 0 radical (unpaired) electrons. The molecule has 1 unspecified atom stereocenters. The number of fused-ring (bicyclic) bond motifs is 1. The maximum Gasteiger partial charge on any atom is 0.212 e. The summed E-state index contributed by atoms with van der Waals surface area (Å²) in [5.74, 6) is 1.32. The molecular formula is C12H15Cl2NO2S2. The summed E-state index contributed by atoms with van der Waals surface area (Å²) in [6.45, 7) is 0. The minimum absolute atomic E-state index is 0.0655. The van der Waals surface area contributed by atoms with Gasteiger partial charge in [-0.1, -0.05) is 11.6 Å². The number of halogens is 2. The highest BCUT2D eigenvalue weighted by atomic mass is 35.5. The van der Waals surface area contributed by atoms with E-state index in [0.29, 0.717) is 17.3 Å². The molecule has 3 nitrogen and oxygen atoms in total. The summed E-state index contributed by atoms with van der Waals surface area (Å²) in [5.41, 5.74) is 0.971. The molecule has 0 saturated carbocycles. The Morgan fingerprint density at radius 3 is 2.95 bits per heavy atom. The molecule has 106 valence electrons. The van der Waals surface area contributed by atoms with Crippen LogP contribution in [0.25, 0.3) is 0 Å². The number of hydrogen-bond acceptors (Lipinski definition) is 3. The average molecular weight is 340 g/mol. The third-order valence-electron chi connectivity index (χ3n) is 2.88. The Hall–Kier alpha value is 0.0600. The fourth-order valence-corrected chi connectivity index (χ4v) is 4.91. The van der Waals surface area contributed by atoms with Crippen LogP contribution in [-0.4, -0.2) is 25.8 Å².